The number of guanidine groups is 1. The molecule has 0 radical (unpaired) electrons. The normalized spacial score (nSPS) is 32.1. The number of phenols is 1. The average Bonchev–Trinajstić information content (AvgIpc) is 2.99. The van der Waals surface area contributed by atoms with Crippen LogP contribution in [0.15, 0.2) is 17.1 Å². The molecule has 0 aromatic heterocycles. The van der Waals surface area contributed by atoms with E-state index in [1.807, 2.05) is 0 Å². The van der Waals surface area contributed by atoms with Crippen molar-refractivity contribution in [1.29, 1.82) is 0 Å². The maximum atomic E-state index is 12.4. The fraction of sp³-hybridized carbons (Fsp3) is 0.697. The first-order valence-electron chi connectivity index (χ1n) is 15.9. The number of phenolic OH excluding ortho intramolecular Hbond substituents is 1. The van der Waals surface area contributed by atoms with Gasteiger partial charge in [0.2, 0.25) is 0 Å². The molecule has 1 aromatic rings. The Morgan fingerprint density at radius 2 is 2.09 bits per heavy atom. The van der Waals surface area contributed by atoms with Crippen LogP contribution in [0.3, 0.4) is 0 Å². The number of benzene rings is 1. The number of carbonyl (C=O) groups is 1. The second-order valence-electron chi connectivity index (χ2n) is 12.7. The number of ether oxygens (including phenoxy) is 2. The van der Waals surface area contributed by atoms with Gasteiger partial charge in [0.25, 0.3) is 0 Å². The SMILES string of the molecule is CN=C(N)NC[C@@]1([C@H](C)O)C#C[C@H]2CCC[C@H]3C[C@@H](CCN3)Oc3cc(c(CO)cc3O)C[C@@H]2[C@@H](OC(C)=O)C[C@@H](O)CC1. The van der Waals surface area contributed by atoms with Gasteiger partial charge in [0, 0.05) is 44.8 Å². The summed E-state index contributed by atoms with van der Waals surface area (Å²) in [7, 11) is 1.58. The van der Waals surface area contributed by atoms with Gasteiger partial charge in [-0.05, 0) is 81.7 Å². The summed E-state index contributed by atoms with van der Waals surface area (Å²) in [6, 6.07) is 3.57. The summed E-state index contributed by atoms with van der Waals surface area (Å²) in [5.74, 6) is 6.48. The number of aromatic hydroxyl groups is 1. The van der Waals surface area contributed by atoms with E-state index in [4.69, 9.17) is 15.2 Å². The maximum Gasteiger partial charge on any atom is 0.302 e. The molecule has 2 aliphatic heterocycles. The zero-order valence-electron chi connectivity index (χ0n) is 26.2. The number of hydrogen-bond donors (Lipinski definition) is 7. The standard InChI is InChI=1S/C33H50N4O7/c1-20(39)33(19-37-32(34)35-3)10-7-22-5-4-6-25-16-27(9-12-36-25)44-31-15-23(24(18-38)14-29(31)42)13-28(22)30(43-21(2)40)17-26(41)8-11-33/h14-15,20,22,25-28,30,36,38-39,41-42H,4-6,8-9,11-13,16-19H2,1-3H3,(H3,34,35,37)/t20-,22+,25-,26-,27+,28-,30-,33+/m0/s1. The Morgan fingerprint density at radius 3 is 2.80 bits per heavy atom. The third-order valence-corrected chi connectivity index (χ3v) is 9.59. The smallest absolute Gasteiger partial charge is 0.302 e. The van der Waals surface area contributed by atoms with Crippen LogP contribution < -0.4 is 21.1 Å². The fourth-order valence-electron chi connectivity index (χ4n) is 6.88. The van der Waals surface area contributed by atoms with E-state index in [9.17, 15) is 25.2 Å². The number of nitrogens with two attached hydrogens (primary N) is 1. The van der Waals surface area contributed by atoms with Crippen LogP contribution in [-0.2, 0) is 22.6 Å². The largest absolute Gasteiger partial charge is 0.504 e. The fourth-order valence-corrected chi connectivity index (χ4v) is 6.88. The number of nitrogens with zero attached hydrogens (tertiary/aromatic N) is 1. The molecule has 0 saturated carbocycles. The van der Waals surface area contributed by atoms with E-state index in [0.29, 0.717) is 37.0 Å². The highest BCUT2D eigenvalue weighted by Gasteiger charge is 2.39. The van der Waals surface area contributed by atoms with Gasteiger partial charge in [0.1, 0.15) is 12.2 Å². The maximum absolute atomic E-state index is 12.4. The second kappa shape index (κ2) is 15.3. The molecule has 8 atom stereocenters. The van der Waals surface area contributed by atoms with Crippen LogP contribution >= 0.6 is 0 Å². The number of fused-ring (bicyclic) bond motifs is 5. The molecule has 8 N–H and O–H groups in total. The van der Waals surface area contributed by atoms with Crippen LogP contribution in [-0.4, -0.2) is 82.9 Å². The van der Waals surface area contributed by atoms with Crippen LogP contribution in [0.25, 0.3) is 0 Å². The molecule has 1 aromatic carbocycles. The monoisotopic (exact) mass is 614 g/mol. The van der Waals surface area contributed by atoms with Crippen molar-refractivity contribution in [1.82, 2.24) is 10.6 Å². The first-order valence-corrected chi connectivity index (χ1v) is 15.9. The molecule has 0 unspecified atom stereocenters. The highest BCUT2D eigenvalue weighted by atomic mass is 16.5. The van der Waals surface area contributed by atoms with Gasteiger partial charge in [0.15, 0.2) is 17.5 Å². The van der Waals surface area contributed by atoms with E-state index in [2.05, 4.69) is 27.5 Å². The number of piperidine rings is 1. The quantitative estimate of drug-likeness (QED) is 0.112. The number of nitrogens with one attached hydrogen (secondary N) is 2. The van der Waals surface area contributed by atoms with Crippen molar-refractivity contribution in [2.45, 2.75) is 109 Å². The molecule has 1 aliphatic carbocycles. The number of carbonyl (C=O) groups excluding carboxylic acids is 1. The molecule has 4 rings (SSSR count). The van der Waals surface area contributed by atoms with Gasteiger partial charge >= 0.3 is 5.97 Å². The lowest BCUT2D eigenvalue weighted by molar-refractivity contribution is -0.152. The summed E-state index contributed by atoms with van der Waals surface area (Å²) in [6.07, 6.45) is 3.01. The molecule has 0 spiro atoms. The molecular weight excluding hydrogens is 564 g/mol. The predicted molar refractivity (Wildman–Crippen MR) is 167 cm³/mol. The van der Waals surface area contributed by atoms with Crippen molar-refractivity contribution in [2.75, 3.05) is 20.1 Å². The van der Waals surface area contributed by atoms with Crippen molar-refractivity contribution in [3.8, 4) is 23.3 Å². The van der Waals surface area contributed by atoms with Crippen molar-refractivity contribution in [3.05, 3.63) is 23.3 Å². The minimum absolute atomic E-state index is 0.0267. The molecule has 3 aliphatic rings. The van der Waals surface area contributed by atoms with Gasteiger partial charge in [-0.3, -0.25) is 9.79 Å². The number of aliphatic imine (C=N–C) groups is 1. The molecule has 44 heavy (non-hydrogen) atoms. The molecule has 1 saturated heterocycles. The van der Waals surface area contributed by atoms with Gasteiger partial charge in [-0.1, -0.05) is 18.3 Å². The number of esters is 1. The Labute approximate surface area is 260 Å². The molecule has 0 amide bonds. The summed E-state index contributed by atoms with van der Waals surface area (Å²) in [5.41, 5.74) is 6.35. The van der Waals surface area contributed by atoms with Crippen LogP contribution in [0.4, 0.5) is 0 Å². The number of aliphatic hydroxyl groups excluding tert-OH is 3. The number of hydrogen-bond acceptors (Lipinski definition) is 9. The van der Waals surface area contributed by atoms with E-state index in [1.165, 1.54) is 6.92 Å². The molecule has 11 nitrogen and oxygen atoms in total. The van der Waals surface area contributed by atoms with E-state index in [1.54, 1.807) is 26.1 Å². The zero-order valence-corrected chi connectivity index (χ0v) is 26.2. The molecule has 2 heterocycles. The number of aliphatic hydroxyl groups is 3. The molecule has 1 fully saturated rings. The lowest BCUT2D eigenvalue weighted by atomic mass is 9.72. The summed E-state index contributed by atoms with van der Waals surface area (Å²) in [5, 5.41) is 50.1. The summed E-state index contributed by atoms with van der Waals surface area (Å²) < 4.78 is 12.3. The first kappa shape index (κ1) is 33.8. The Kier molecular flexibility index (Phi) is 11.8. The first-order chi connectivity index (χ1) is 21.0. The van der Waals surface area contributed by atoms with Crippen molar-refractivity contribution in [3.63, 3.8) is 0 Å². The third kappa shape index (κ3) is 8.57. The lowest BCUT2D eigenvalue weighted by Gasteiger charge is -2.37. The highest BCUT2D eigenvalue weighted by molar-refractivity contribution is 5.77. The van der Waals surface area contributed by atoms with Crippen molar-refractivity contribution in [2.24, 2.45) is 28.0 Å². The minimum atomic E-state index is -0.912. The topological polar surface area (TPSA) is 179 Å². The van der Waals surface area contributed by atoms with Crippen LogP contribution in [0.1, 0.15) is 76.3 Å². The molecule has 244 valence electrons. The van der Waals surface area contributed by atoms with Crippen molar-refractivity contribution < 1.29 is 34.7 Å². The Bertz CT molecular complexity index is 1230. The minimum Gasteiger partial charge on any atom is -0.504 e. The van der Waals surface area contributed by atoms with Gasteiger partial charge < -0.3 is 46.3 Å². The van der Waals surface area contributed by atoms with Crippen LogP contribution in [0.2, 0.25) is 0 Å². The summed E-state index contributed by atoms with van der Waals surface area (Å²) in [6.45, 7) is 3.84. The van der Waals surface area contributed by atoms with Gasteiger partial charge in [-0.15, -0.1) is 0 Å². The second-order valence-corrected chi connectivity index (χ2v) is 12.7. The lowest BCUT2D eigenvalue weighted by Crippen LogP contribution is -2.47. The van der Waals surface area contributed by atoms with E-state index >= 15 is 0 Å². The average molecular weight is 615 g/mol. The zero-order chi connectivity index (χ0) is 31.9. The summed E-state index contributed by atoms with van der Waals surface area (Å²) >= 11 is 0. The Morgan fingerprint density at radius 1 is 1.30 bits per heavy atom. The van der Waals surface area contributed by atoms with Gasteiger partial charge in [0.05, 0.1) is 24.2 Å². The van der Waals surface area contributed by atoms with Crippen molar-refractivity contribution >= 4 is 11.9 Å². The van der Waals surface area contributed by atoms with E-state index in [-0.39, 0.29) is 55.3 Å². The Balaban J connectivity index is 1.85. The highest BCUT2D eigenvalue weighted by Crippen LogP contribution is 2.39. The van der Waals surface area contributed by atoms with Crippen LogP contribution in [0, 0.1) is 29.1 Å². The number of rotatable bonds is 5. The molecule has 11 heteroatoms. The predicted octanol–water partition coefficient (Wildman–Crippen LogP) is 1.72. The third-order valence-electron chi connectivity index (χ3n) is 9.59. The van der Waals surface area contributed by atoms with Gasteiger partial charge in [-0.25, -0.2) is 0 Å². The summed E-state index contributed by atoms with van der Waals surface area (Å²) in [4.78, 5) is 16.4. The van der Waals surface area contributed by atoms with Crippen LogP contribution in [0.5, 0.6) is 11.5 Å². The van der Waals surface area contributed by atoms with E-state index in [0.717, 1.165) is 37.8 Å². The van der Waals surface area contributed by atoms with E-state index < -0.39 is 29.7 Å². The molecule has 4 bridgehead atoms. The molecular formula is C33H50N4O7. The van der Waals surface area contributed by atoms with Gasteiger partial charge in [-0.2, -0.15) is 0 Å². The Hall–Kier alpha value is -3.04.